The summed E-state index contributed by atoms with van der Waals surface area (Å²) in [6, 6.07) is 9.79. The predicted molar refractivity (Wildman–Crippen MR) is 110 cm³/mol. The molecule has 2 bridgehead atoms. The smallest absolute Gasteiger partial charge is 0.251 e. The van der Waals surface area contributed by atoms with Gasteiger partial charge in [0.1, 0.15) is 0 Å². The third-order valence-corrected chi connectivity index (χ3v) is 6.99. The molecule has 2 fully saturated rings. The topological polar surface area (TPSA) is 67.2 Å². The Labute approximate surface area is 170 Å². The summed E-state index contributed by atoms with van der Waals surface area (Å²) in [5.41, 5.74) is 2.44. The van der Waals surface area contributed by atoms with Gasteiger partial charge < -0.3 is 9.88 Å². The minimum Gasteiger partial charge on any atom is -0.354 e. The Morgan fingerprint density at radius 2 is 1.97 bits per heavy atom. The quantitative estimate of drug-likeness (QED) is 0.848. The number of hydrogen-bond acceptors (Lipinski definition) is 4. The lowest BCUT2D eigenvalue weighted by molar-refractivity contribution is -0.127. The molecule has 2 aromatic rings. The van der Waals surface area contributed by atoms with Gasteiger partial charge in [0, 0.05) is 62.2 Å². The van der Waals surface area contributed by atoms with Gasteiger partial charge in [0.2, 0.25) is 5.91 Å². The van der Waals surface area contributed by atoms with Crippen LogP contribution in [0, 0.1) is 11.8 Å². The Kier molecular flexibility index (Phi) is 4.96. The van der Waals surface area contributed by atoms with Crippen LogP contribution in [0.4, 0.5) is 0 Å². The van der Waals surface area contributed by atoms with Crippen molar-refractivity contribution in [1.82, 2.24) is 19.8 Å². The summed E-state index contributed by atoms with van der Waals surface area (Å²) < 4.78 is 1.98. The van der Waals surface area contributed by atoms with Gasteiger partial charge in [-0.2, -0.15) is 0 Å². The molecule has 6 nitrogen and oxygen atoms in total. The highest BCUT2D eigenvalue weighted by Crippen LogP contribution is 2.41. The molecular weight excluding hydrogens is 364 g/mol. The Bertz CT molecular complexity index is 937. The largest absolute Gasteiger partial charge is 0.354 e. The van der Waals surface area contributed by atoms with Gasteiger partial charge in [-0.25, -0.2) is 0 Å². The number of nitrogens with one attached hydrogen (secondary N) is 1. The van der Waals surface area contributed by atoms with Crippen molar-refractivity contribution in [3.8, 4) is 0 Å². The van der Waals surface area contributed by atoms with Crippen molar-refractivity contribution in [2.45, 2.75) is 44.2 Å². The van der Waals surface area contributed by atoms with E-state index in [0.717, 1.165) is 51.0 Å². The number of hydrogen-bond donors (Lipinski definition) is 1. The zero-order valence-corrected chi connectivity index (χ0v) is 16.7. The summed E-state index contributed by atoms with van der Waals surface area (Å²) in [4.78, 5) is 31.8. The summed E-state index contributed by atoms with van der Waals surface area (Å²) in [6.45, 7) is 3.35. The van der Waals surface area contributed by atoms with Crippen molar-refractivity contribution in [3.63, 3.8) is 0 Å². The Hall–Kier alpha value is -2.47. The van der Waals surface area contributed by atoms with Crippen LogP contribution in [0.1, 0.15) is 48.9 Å². The minimum atomic E-state index is 0.0271. The number of carbonyl (C=O) groups is 1. The number of likely N-dealkylation sites (tertiary alicyclic amines) is 1. The van der Waals surface area contributed by atoms with E-state index in [-0.39, 0.29) is 23.4 Å². The molecule has 4 heterocycles. The SMILES string of the molecule is O=C(NC[C@H]1[C@H]2C[C@H](CN(Cc3ccncc3)C2)c2cccc(=O)n21)C1CCC1. The summed E-state index contributed by atoms with van der Waals surface area (Å²) in [5, 5.41) is 3.16. The van der Waals surface area contributed by atoms with Crippen molar-refractivity contribution in [3.05, 3.63) is 64.3 Å². The Morgan fingerprint density at radius 3 is 2.72 bits per heavy atom. The number of amides is 1. The molecule has 0 radical (unpaired) electrons. The Balaban J connectivity index is 1.39. The average molecular weight is 393 g/mol. The molecule has 3 atom stereocenters. The van der Waals surface area contributed by atoms with Gasteiger partial charge in [-0.3, -0.25) is 19.5 Å². The highest BCUT2D eigenvalue weighted by Gasteiger charge is 2.40. The first-order valence-electron chi connectivity index (χ1n) is 10.8. The second-order valence-electron chi connectivity index (χ2n) is 8.84. The molecule has 6 heteroatoms. The monoisotopic (exact) mass is 392 g/mol. The molecule has 1 N–H and O–H groups in total. The van der Waals surface area contributed by atoms with Gasteiger partial charge in [0.05, 0.1) is 6.04 Å². The minimum absolute atomic E-state index is 0.0271. The first-order valence-corrected chi connectivity index (χ1v) is 10.8. The zero-order chi connectivity index (χ0) is 19.8. The van der Waals surface area contributed by atoms with Crippen LogP contribution in [0.25, 0.3) is 0 Å². The van der Waals surface area contributed by atoms with E-state index in [9.17, 15) is 9.59 Å². The van der Waals surface area contributed by atoms with E-state index in [0.29, 0.717) is 18.4 Å². The number of aromatic nitrogens is 2. The van der Waals surface area contributed by atoms with Crippen LogP contribution in [0.15, 0.2) is 47.5 Å². The normalized spacial score (nSPS) is 26.4. The maximum atomic E-state index is 12.8. The molecule has 152 valence electrons. The lowest BCUT2D eigenvalue weighted by Gasteiger charge is -2.47. The number of carbonyl (C=O) groups excluding carboxylic acids is 1. The van der Waals surface area contributed by atoms with Gasteiger partial charge in [-0.15, -0.1) is 0 Å². The van der Waals surface area contributed by atoms with E-state index >= 15 is 0 Å². The van der Waals surface area contributed by atoms with E-state index in [2.05, 4.69) is 33.4 Å². The van der Waals surface area contributed by atoms with Crippen LogP contribution in [0.3, 0.4) is 0 Å². The fourth-order valence-corrected chi connectivity index (χ4v) is 5.29. The predicted octanol–water partition coefficient (Wildman–Crippen LogP) is 2.32. The maximum absolute atomic E-state index is 12.8. The molecule has 0 spiro atoms. The van der Waals surface area contributed by atoms with Gasteiger partial charge in [0.15, 0.2) is 0 Å². The molecule has 1 aliphatic carbocycles. The van der Waals surface area contributed by atoms with Crippen LogP contribution in [0.2, 0.25) is 0 Å². The standard InChI is InChI=1S/C23H28N4O2/c28-22-6-2-5-20-18-11-19(15-26(14-18)13-16-7-9-24-10-8-16)21(27(20)22)12-25-23(29)17-3-1-4-17/h2,5-10,17-19,21H,1,3-4,11-15H2,(H,25,29)/t18-,19+,21+/m1/s1. The first kappa shape index (κ1) is 18.6. The molecule has 1 saturated carbocycles. The summed E-state index contributed by atoms with van der Waals surface area (Å²) in [5.74, 6) is 1.06. The van der Waals surface area contributed by atoms with E-state index in [4.69, 9.17) is 0 Å². The van der Waals surface area contributed by atoms with Crippen molar-refractivity contribution in [2.75, 3.05) is 19.6 Å². The molecule has 3 aliphatic rings. The van der Waals surface area contributed by atoms with Gasteiger partial charge in [-0.05, 0) is 48.9 Å². The van der Waals surface area contributed by atoms with E-state index in [1.165, 1.54) is 5.56 Å². The van der Waals surface area contributed by atoms with E-state index in [1.54, 1.807) is 6.07 Å². The van der Waals surface area contributed by atoms with Crippen LogP contribution in [-0.4, -0.2) is 40.0 Å². The van der Waals surface area contributed by atoms with Crippen LogP contribution < -0.4 is 10.9 Å². The molecule has 0 unspecified atom stereocenters. The number of nitrogens with zero attached hydrogens (tertiary/aromatic N) is 3. The number of rotatable bonds is 5. The highest BCUT2D eigenvalue weighted by molar-refractivity contribution is 5.79. The first-order chi connectivity index (χ1) is 14.2. The van der Waals surface area contributed by atoms with Crippen LogP contribution in [0.5, 0.6) is 0 Å². The lowest BCUT2D eigenvalue weighted by atomic mass is 9.78. The molecular formula is C23H28N4O2. The number of pyridine rings is 2. The van der Waals surface area contributed by atoms with E-state index in [1.807, 2.05) is 23.0 Å². The fraction of sp³-hybridized carbons (Fsp3) is 0.522. The molecule has 29 heavy (non-hydrogen) atoms. The zero-order valence-electron chi connectivity index (χ0n) is 16.7. The van der Waals surface area contributed by atoms with E-state index < -0.39 is 0 Å². The average Bonchev–Trinajstić information content (AvgIpc) is 2.68. The van der Waals surface area contributed by atoms with Gasteiger partial charge >= 0.3 is 0 Å². The van der Waals surface area contributed by atoms with Crippen LogP contribution in [-0.2, 0) is 11.3 Å². The fourth-order valence-electron chi connectivity index (χ4n) is 5.29. The molecule has 1 amide bonds. The van der Waals surface area contributed by atoms with Gasteiger partial charge in [0.25, 0.3) is 5.56 Å². The number of fused-ring (bicyclic) bond motifs is 4. The van der Waals surface area contributed by atoms with Crippen LogP contribution >= 0.6 is 0 Å². The Morgan fingerprint density at radius 1 is 1.14 bits per heavy atom. The highest BCUT2D eigenvalue weighted by atomic mass is 16.2. The lowest BCUT2D eigenvalue weighted by Crippen LogP contribution is -2.52. The van der Waals surface area contributed by atoms with Crippen molar-refractivity contribution in [1.29, 1.82) is 0 Å². The maximum Gasteiger partial charge on any atom is 0.251 e. The second kappa shape index (κ2) is 7.75. The summed E-state index contributed by atoms with van der Waals surface area (Å²) >= 11 is 0. The molecule has 5 rings (SSSR count). The number of piperidine rings is 1. The van der Waals surface area contributed by atoms with Crippen molar-refractivity contribution in [2.24, 2.45) is 11.8 Å². The van der Waals surface area contributed by atoms with Crippen molar-refractivity contribution >= 4 is 5.91 Å². The summed E-state index contributed by atoms with van der Waals surface area (Å²) in [7, 11) is 0. The third kappa shape index (κ3) is 3.62. The van der Waals surface area contributed by atoms with Gasteiger partial charge in [-0.1, -0.05) is 12.5 Å². The van der Waals surface area contributed by atoms with Crippen molar-refractivity contribution < 1.29 is 4.79 Å². The molecule has 1 saturated heterocycles. The molecule has 2 aromatic heterocycles. The summed E-state index contributed by atoms with van der Waals surface area (Å²) in [6.07, 6.45) is 7.91. The molecule has 2 aliphatic heterocycles. The molecule has 0 aromatic carbocycles. The second-order valence-corrected chi connectivity index (χ2v) is 8.84. The third-order valence-electron chi connectivity index (χ3n) is 6.99.